The number of ether oxygens (including phenoxy) is 1. The fraction of sp³-hybridized carbons (Fsp3) is 0.727. The van der Waals surface area contributed by atoms with Gasteiger partial charge in [0, 0.05) is 20.1 Å². The Kier molecular flexibility index (Phi) is 4.94. The highest BCUT2D eigenvalue weighted by Crippen LogP contribution is 2.17. The predicted octanol–water partition coefficient (Wildman–Crippen LogP) is 0.00780. The summed E-state index contributed by atoms with van der Waals surface area (Å²) in [5.41, 5.74) is 0. The third-order valence-corrected chi connectivity index (χ3v) is 2.96. The molecule has 0 saturated carbocycles. The van der Waals surface area contributed by atoms with Crippen LogP contribution in [-0.4, -0.2) is 66.7 Å². The molecular formula is C11H18N2O5. The number of hydrogen-bond donors (Lipinski definition) is 1. The molecule has 0 bridgehead atoms. The van der Waals surface area contributed by atoms with E-state index in [0.717, 1.165) is 0 Å². The Bertz CT molecular complexity index is 344. The summed E-state index contributed by atoms with van der Waals surface area (Å²) in [6.07, 6.45) is 1.24. The van der Waals surface area contributed by atoms with Crippen LogP contribution in [0.1, 0.15) is 12.8 Å². The van der Waals surface area contributed by atoms with Crippen molar-refractivity contribution < 1.29 is 24.2 Å². The number of methoxy groups -OCH3 is 1. The number of likely N-dealkylation sites (N-methyl/N-ethyl adjacent to an activating group) is 1. The van der Waals surface area contributed by atoms with E-state index in [2.05, 4.69) is 4.74 Å². The average molecular weight is 258 g/mol. The van der Waals surface area contributed by atoms with Gasteiger partial charge in [-0.1, -0.05) is 0 Å². The first-order valence-corrected chi connectivity index (χ1v) is 5.75. The van der Waals surface area contributed by atoms with E-state index in [4.69, 9.17) is 5.11 Å². The predicted molar refractivity (Wildman–Crippen MR) is 62.0 cm³/mol. The Morgan fingerprint density at radius 1 is 1.44 bits per heavy atom. The Balaban J connectivity index is 2.55. The zero-order valence-corrected chi connectivity index (χ0v) is 10.6. The van der Waals surface area contributed by atoms with Crippen molar-refractivity contribution >= 4 is 18.0 Å². The molecule has 0 radical (unpaired) electrons. The fourth-order valence-corrected chi connectivity index (χ4v) is 1.92. The minimum atomic E-state index is -0.886. The van der Waals surface area contributed by atoms with Gasteiger partial charge in [-0.25, -0.2) is 4.79 Å². The molecule has 1 fully saturated rings. The number of amides is 2. The molecule has 1 heterocycles. The van der Waals surface area contributed by atoms with Crippen LogP contribution in [0, 0.1) is 5.92 Å². The molecule has 7 heteroatoms. The Morgan fingerprint density at radius 3 is 2.67 bits per heavy atom. The molecule has 0 aromatic rings. The molecule has 18 heavy (non-hydrogen) atoms. The summed E-state index contributed by atoms with van der Waals surface area (Å²) >= 11 is 0. The monoisotopic (exact) mass is 258 g/mol. The van der Waals surface area contributed by atoms with Gasteiger partial charge < -0.3 is 19.6 Å². The Morgan fingerprint density at radius 2 is 2.11 bits per heavy atom. The molecule has 0 unspecified atom stereocenters. The second-order valence-corrected chi connectivity index (χ2v) is 4.34. The minimum Gasteiger partial charge on any atom is -0.481 e. The standard InChI is InChI=1S/C11H18N2O5/c1-12(7-9(14)18-2)11(17)13-5-3-4-8(6-13)10(15)16/h8H,3-7H2,1-2H3,(H,15,16)/t8-/m1/s1. The van der Waals surface area contributed by atoms with E-state index in [1.54, 1.807) is 0 Å². The number of rotatable bonds is 3. The molecule has 7 nitrogen and oxygen atoms in total. The van der Waals surface area contributed by atoms with Crippen molar-refractivity contribution in [1.82, 2.24) is 9.80 Å². The number of esters is 1. The SMILES string of the molecule is COC(=O)CN(C)C(=O)N1CCC[C@@H](C(=O)O)C1. The van der Waals surface area contributed by atoms with Crippen LogP contribution in [-0.2, 0) is 14.3 Å². The van der Waals surface area contributed by atoms with Gasteiger partial charge in [0.05, 0.1) is 13.0 Å². The summed E-state index contributed by atoms with van der Waals surface area (Å²) in [4.78, 5) is 36.6. The summed E-state index contributed by atoms with van der Waals surface area (Å²) in [6.45, 7) is 0.581. The largest absolute Gasteiger partial charge is 0.481 e. The van der Waals surface area contributed by atoms with Gasteiger partial charge in [0.25, 0.3) is 0 Å². The van der Waals surface area contributed by atoms with Gasteiger partial charge in [-0.2, -0.15) is 0 Å². The molecule has 0 aromatic carbocycles. The zero-order chi connectivity index (χ0) is 13.7. The molecule has 0 aromatic heterocycles. The second kappa shape index (κ2) is 6.23. The molecule has 1 rings (SSSR count). The maximum atomic E-state index is 12.0. The molecule has 1 saturated heterocycles. The highest BCUT2D eigenvalue weighted by Gasteiger charge is 2.29. The van der Waals surface area contributed by atoms with Crippen LogP contribution in [0.3, 0.4) is 0 Å². The van der Waals surface area contributed by atoms with Crippen molar-refractivity contribution in [3.63, 3.8) is 0 Å². The van der Waals surface area contributed by atoms with E-state index < -0.39 is 17.9 Å². The summed E-state index contributed by atoms with van der Waals surface area (Å²) in [6, 6.07) is -0.341. The lowest BCUT2D eigenvalue weighted by Gasteiger charge is -2.33. The van der Waals surface area contributed by atoms with Gasteiger partial charge in [0.2, 0.25) is 0 Å². The summed E-state index contributed by atoms with van der Waals surface area (Å²) < 4.78 is 4.47. The third kappa shape index (κ3) is 3.61. The number of nitrogens with zero attached hydrogens (tertiary/aromatic N) is 2. The number of carboxylic acids is 1. The van der Waals surface area contributed by atoms with Crippen molar-refractivity contribution in [2.24, 2.45) is 5.92 Å². The lowest BCUT2D eigenvalue weighted by molar-refractivity contribution is -0.144. The highest BCUT2D eigenvalue weighted by molar-refractivity contribution is 5.81. The van der Waals surface area contributed by atoms with Gasteiger partial charge in [0.15, 0.2) is 0 Å². The number of carbonyl (C=O) groups excluding carboxylic acids is 2. The van der Waals surface area contributed by atoms with Gasteiger partial charge in [-0.15, -0.1) is 0 Å². The Hall–Kier alpha value is -1.79. The minimum absolute atomic E-state index is 0.135. The van der Waals surface area contributed by atoms with Crippen LogP contribution in [0.2, 0.25) is 0 Å². The molecule has 2 amide bonds. The van der Waals surface area contributed by atoms with Crippen molar-refractivity contribution in [3.8, 4) is 0 Å². The summed E-state index contributed by atoms with van der Waals surface area (Å²) in [7, 11) is 2.74. The van der Waals surface area contributed by atoms with Gasteiger partial charge in [0.1, 0.15) is 6.54 Å². The van der Waals surface area contributed by atoms with Gasteiger partial charge >= 0.3 is 18.0 Å². The first-order valence-electron chi connectivity index (χ1n) is 5.75. The van der Waals surface area contributed by atoms with Gasteiger partial charge in [-0.3, -0.25) is 9.59 Å². The zero-order valence-electron chi connectivity index (χ0n) is 10.6. The number of aliphatic carboxylic acids is 1. The van der Waals surface area contributed by atoms with E-state index in [9.17, 15) is 14.4 Å². The van der Waals surface area contributed by atoms with Crippen LogP contribution in [0.15, 0.2) is 0 Å². The maximum Gasteiger partial charge on any atom is 0.325 e. The molecule has 0 spiro atoms. The fourth-order valence-electron chi connectivity index (χ4n) is 1.92. The normalized spacial score (nSPS) is 19.2. The number of carbonyl (C=O) groups is 3. The van der Waals surface area contributed by atoms with Gasteiger partial charge in [-0.05, 0) is 12.8 Å². The van der Waals surface area contributed by atoms with E-state index >= 15 is 0 Å². The number of piperidine rings is 1. The second-order valence-electron chi connectivity index (χ2n) is 4.34. The molecule has 1 N–H and O–H groups in total. The first-order chi connectivity index (χ1) is 8.45. The van der Waals surface area contributed by atoms with Crippen molar-refractivity contribution in [2.75, 3.05) is 33.8 Å². The van der Waals surface area contributed by atoms with Crippen molar-refractivity contribution in [3.05, 3.63) is 0 Å². The summed E-state index contributed by atoms with van der Waals surface area (Å²) in [5, 5.41) is 8.93. The van der Waals surface area contributed by atoms with Crippen molar-refractivity contribution in [1.29, 1.82) is 0 Å². The van der Waals surface area contributed by atoms with Crippen LogP contribution in [0.25, 0.3) is 0 Å². The molecule has 102 valence electrons. The van der Waals surface area contributed by atoms with E-state index in [0.29, 0.717) is 19.4 Å². The van der Waals surface area contributed by atoms with Crippen molar-refractivity contribution in [2.45, 2.75) is 12.8 Å². The molecular weight excluding hydrogens is 240 g/mol. The number of hydrogen-bond acceptors (Lipinski definition) is 4. The van der Waals surface area contributed by atoms with E-state index in [-0.39, 0.29) is 19.1 Å². The Labute approximate surface area is 105 Å². The first kappa shape index (κ1) is 14.3. The topological polar surface area (TPSA) is 87.2 Å². The average Bonchev–Trinajstić information content (AvgIpc) is 2.37. The van der Waals surface area contributed by atoms with E-state index in [1.807, 2.05) is 0 Å². The number of likely N-dealkylation sites (tertiary alicyclic amines) is 1. The molecule has 1 aliphatic heterocycles. The smallest absolute Gasteiger partial charge is 0.325 e. The maximum absolute atomic E-state index is 12.0. The van der Waals surface area contributed by atoms with E-state index in [1.165, 1.54) is 24.0 Å². The molecule has 0 aliphatic carbocycles. The molecule has 1 atom stereocenters. The highest BCUT2D eigenvalue weighted by atomic mass is 16.5. The lowest BCUT2D eigenvalue weighted by Crippen LogP contribution is -2.48. The molecule has 1 aliphatic rings. The summed E-state index contributed by atoms with van der Waals surface area (Å²) in [5.74, 6) is -1.91. The van der Waals surface area contributed by atoms with Crippen LogP contribution < -0.4 is 0 Å². The number of urea groups is 1. The third-order valence-electron chi connectivity index (χ3n) is 2.96. The van der Waals surface area contributed by atoms with Crippen LogP contribution >= 0.6 is 0 Å². The quantitative estimate of drug-likeness (QED) is 0.720. The van der Waals surface area contributed by atoms with Crippen LogP contribution in [0.5, 0.6) is 0 Å². The lowest BCUT2D eigenvalue weighted by atomic mass is 9.99. The number of carboxylic acid groups (broad SMARTS) is 1. The van der Waals surface area contributed by atoms with Crippen LogP contribution in [0.4, 0.5) is 4.79 Å².